The summed E-state index contributed by atoms with van der Waals surface area (Å²) < 4.78 is 16.6. The average Bonchev–Trinajstić information content (AvgIpc) is 2.78. The molecule has 1 N–H and O–H groups in total. The highest BCUT2D eigenvalue weighted by Crippen LogP contribution is 2.17. The molecule has 30 heavy (non-hydrogen) atoms. The summed E-state index contributed by atoms with van der Waals surface area (Å²) in [6.07, 6.45) is -0.562. The number of hydrogen-bond donors (Lipinski definition) is 1. The first kappa shape index (κ1) is 22.6. The Labute approximate surface area is 180 Å². The number of rotatable bonds is 11. The largest absolute Gasteiger partial charge is 0.497 e. The maximum Gasteiger partial charge on any atom is 0.122 e. The fraction of sp³-hybridized carbons (Fsp3) is 0.500. The summed E-state index contributed by atoms with van der Waals surface area (Å²) in [5.41, 5.74) is 2.27. The fourth-order valence-corrected chi connectivity index (χ4v) is 3.59. The molecule has 0 saturated carbocycles. The van der Waals surface area contributed by atoms with E-state index in [-0.39, 0.29) is 6.61 Å². The second-order valence-corrected chi connectivity index (χ2v) is 7.77. The maximum atomic E-state index is 10.6. The summed E-state index contributed by atoms with van der Waals surface area (Å²) in [5.74, 6) is 1.68. The van der Waals surface area contributed by atoms with Gasteiger partial charge in [-0.25, -0.2) is 0 Å². The summed E-state index contributed by atoms with van der Waals surface area (Å²) in [7, 11) is 1.68. The van der Waals surface area contributed by atoms with Gasteiger partial charge in [0.2, 0.25) is 0 Å². The van der Waals surface area contributed by atoms with Crippen molar-refractivity contribution < 1.29 is 19.3 Å². The van der Waals surface area contributed by atoms with Crippen LogP contribution in [-0.2, 0) is 11.3 Å². The van der Waals surface area contributed by atoms with Gasteiger partial charge in [-0.2, -0.15) is 0 Å². The zero-order valence-electron chi connectivity index (χ0n) is 18.1. The maximum absolute atomic E-state index is 10.6. The molecular weight excluding hydrogens is 380 g/mol. The Morgan fingerprint density at radius 2 is 1.83 bits per heavy atom. The zero-order chi connectivity index (χ0) is 21.2. The molecule has 0 spiro atoms. The van der Waals surface area contributed by atoms with Crippen molar-refractivity contribution in [3.05, 3.63) is 59.7 Å². The molecule has 6 heteroatoms. The molecule has 0 aliphatic carbocycles. The van der Waals surface area contributed by atoms with Crippen LogP contribution in [0.15, 0.2) is 48.5 Å². The van der Waals surface area contributed by atoms with Gasteiger partial charge in [0.1, 0.15) is 24.2 Å². The smallest absolute Gasteiger partial charge is 0.122 e. The second kappa shape index (κ2) is 11.9. The predicted octanol–water partition coefficient (Wildman–Crippen LogP) is 2.58. The van der Waals surface area contributed by atoms with Crippen molar-refractivity contribution in [2.24, 2.45) is 0 Å². The molecule has 2 aromatic carbocycles. The summed E-state index contributed by atoms with van der Waals surface area (Å²) in [6.45, 7) is 9.00. The first-order chi connectivity index (χ1) is 14.6. The lowest BCUT2D eigenvalue weighted by molar-refractivity contribution is 0.0255. The van der Waals surface area contributed by atoms with Gasteiger partial charge in [0.05, 0.1) is 20.3 Å². The van der Waals surface area contributed by atoms with Crippen molar-refractivity contribution in [3.8, 4) is 11.5 Å². The van der Waals surface area contributed by atoms with Crippen molar-refractivity contribution in [2.75, 3.05) is 59.7 Å². The fourth-order valence-electron chi connectivity index (χ4n) is 3.59. The minimum atomic E-state index is -0.562. The number of aryl methyl sites for hydroxylation is 1. The molecule has 1 aliphatic heterocycles. The van der Waals surface area contributed by atoms with Gasteiger partial charge in [-0.3, -0.25) is 9.80 Å². The number of nitrogens with zero attached hydrogens (tertiary/aromatic N) is 2. The molecule has 1 atom stereocenters. The van der Waals surface area contributed by atoms with E-state index in [0.29, 0.717) is 6.54 Å². The van der Waals surface area contributed by atoms with Crippen molar-refractivity contribution >= 4 is 0 Å². The number of aliphatic hydroxyl groups is 1. The molecule has 1 aliphatic rings. The highest BCUT2D eigenvalue weighted by molar-refractivity contribution is 5.31. The van der Waals surface area contributed by atoms with Crippen LogP contribution in [0.1, 0.15) is 11.1 Å². The minimum absolute atomic E-state index is 0.279. The van der Waals surface area contributed by atoms with Crippen LogP contribution < -0.4 is 9.47 Å². The predicted molar refractivity (Wildman–Crippen MR) is 118 cm³/mol. The number of ether oxygens (including phenoxy) is 3. The summed E-state index contributed by atoms with van der Waals surface area (Å²) >= 11 is 0. The van der Waals surface area contributed by atoms with Crippen LogP contribution >= 0.6 is 0 Å². The third-order valence-corrected chi connectivity index (χ3v) is 5.40. The van der Waals surface area contributed by atoms with Gasteiger partial charge in [0.15, 0.2) is 0 Å². The average molecular weight is 415 g/mol. The van der Waals surface area contributed by atoms with Crippen LogP contribution in [-0.4, -0.2) is 80.7 Å². The highest BCUT2D eigenvalue weighted by Gasteiger charge is 2.16. The van der Waals surface area contributed by atoms with Crippen LogP contribution in [0.25, 0.3) is 0 Å². The van der Waals surface area contributed by atoms with E-state index in [1.807, 2.05) is 43.3 Å². The molecule has 164 valence electrons. The molecule has 1 fully saturated rings. The van der Waals surface area contributed by atoms with Crippen LogP contribution in [0.3, 0.4) is 0 Å². The van der Waals surface area contributed by atoms with Gasteiger partial charge in [-0.05, 0) is 36.2 Å². The van der Waals surface area contributed by atoms with Crippen molar-refractivity contribution in [1.29, 1.82) is 0 Å². The monoisotopic (exact) mass is 414 g/mol. The van der Waals surface area contributed by atoms with Crippen LogP contribution in [0, 0.1) is 6.92 Å². The molecular formula is C24H34N2O4. The van der Waals surface area contributed by atoms with E-state index in [1.165, 1.54) is 5.56 Å². The van der Waals surface area contributed by atoms with Gasteiger partial charge >= 0.3 is 0 Å². The number of morpholine rings is 1. The van der Waals surface area contributed by atoms with E-state index in [4.69, 9.17) is 14.2 Å². The lowest BCUT2D eigenvalue weighted by Crippen LogP contribution is -2.43. The van der Waals surface area contributed by atoms with Gasteiger partial charge in [-0.1, -0.05) is 30.3 Å². The molecule has 0 bridgehead atoms. The number of methoxy groups -OCH3 is 1. The molecule has 1 heterocycles. The van der Waals surface area contributed by atoms with Crippen molar-refractivity contribution in [2.45, 2.75) is 19.6 Å². The zero-order valence-corrected chi connectivity index (χ0v) is 18.1. The van der Waals surface area contributed by atoms with Gasteiger partial charge in [0.25, 0.3) is 0 Å². The Hall–Kier alpha value is -2.12. The first-order valence-electron chi connectivity index (χ1n) is 10.7. The topological polar surface area (TPSA) is 54.4 Å². The van der Waals surface area contributed by atoms with Gasteiger partial charge in [-0.15, -0.1) is 0 Å². The quantitative estimate of drug-likeness (QED) is 0.610. The molecule has 1 saturated heterocycles. The van der Waals surface area contributed by atoms with E-state index in [9.17, 15) is 5.11 Å². The minimum Gasteiger partial charge on any atom is -0.497 e. The summed E-state index contributed by atoms with van der Waals surface area (Å²) in [5, 5.41) is 10.6. The normalized spacial score (nSPS) is 15.9. The van der Waals surface area contributed by atoms with E-state index in [0.717, 1.165) is 63.0 Å². The Kier molecular flexibility index (Phi) is 8.96. The highest BCUT2D eigenvalue weighted by atomic mass is 16.5. The molecule has 0 amide bonds. The van der Waals surface area contributed by atoms with E-state index in [1.54, 1.807) is 7.11 Å². The van der Waals surface area contributed by atoms with E-state index >= 15 is 0 Å². The molecule has 6 nitrogen and oxygen atoms in total. The Morgan fingerprint density at radius 3 is 2.53 bits per heavy atom. The standard InChI is InChI=1S/C24H34N2O4/c1-20-5-3-4-6-24(20)30-19-22(27)18-26(12-11-25-13-15-29-16-14-25)17-21-7-9-23(28-2)10-8-21/h3-10,22,27H,11-19H2,1-2H3/t22-/m1/s1. The number of aliphatic hydroxyl groups excluding tert-OH is 1. The Morgan fingerprint density at radius 1 is 1.10 bits per heavy atom. The SMILES string of the molecule is COc1ccc(CN(CCN2CCOCC2)C[C@@H](O)COc2ccccc2C)cc1. The van der Waals surface area contributed by atoms with Crippen molar-refractivity contribution in [1.82, 2.24) is 9.80 Å². The summed E-state index contributed by atoms with van der Waals surface area (Å²) in [6, 6.07) is 16.0. The third-order valence-electron chi connectivity index (χ3n) is 5.40. The Balaban J connectivity index is 1.56. The van der Waals surface area contributed by atoms with Crippen LogP contribution in [0.4, 0.5) is 0 Å². The number of hydrogen-bond acceptors (Lipinski definition) is 6. The van der Waals surface area contributed by atoms with Crippen LogP contribution in [0.5, 0.6) is 11.5 Å². The second-order valence-electron chi connectivity index (χ2n) is 7.77. The lowest BCUT2D eigenvalue weighted by Gasteiger charge is -2.31. The first-order valence-corrected chi connectivity index (χ1v) is 10.7. The molecule has 0 unspecified atom stereocenters. The van der Waals surface area contributed by atoms with E-state index < -0.39 is 6.10 Å². The van der Waals surface area contributed by atoms with Gasteiger partial charge in [0, 0.05) is 39.3 Å². The number of benzene rings is 2. The number of para-hydroxylation sites is 1. The lowest BCUT2D eigenvalue weighted by atomic mass is 10.2. The van der Waals surface area contributed by atoms with Crippen molar-refractivity contribution in [3.63, 3.8) is 0 Å². The van der Waals surface area contributed by atoms with Crippen LogP contribution in [0.2, 0.25) is 0 Å². The molecule has 0 radical (unpaired) electrons. The van der Waals surface area contributed by atoms with Gasteiger partial charge < -0.3 is 19.3 Å². The molecule has 2 aromatic rings. The molecule has 0 aromatic heterocycles. The third kappa shape index (κ3) is 7.29. The molecule has 3 rings (SSSR count). The summed E-state index contributed by atoms with van der Waals surface area (Å²) in [4.78, 5) is 4.71. The Bertz CT molecular complexity index is 747. The van der Waals surface area contributed by atoms with E-state index in [2.05, 4.69) is 21.9 Å².